The maximum atomic E-state index is 12.6. The summed E-state index contributed by atoms with van der Waals surface area (Å²) in [6.45, 7) is 2.78. The number of nitrogens with two attached hydrogens (primary N) is 1. The van der Waals surface area contributed by atoms with E-state index in [1.807, 2.05) is 6.92 Å². The molecule has 2 unspecified atom stereocenters. The molecule has 138 valence electrons. The lowest BCUT2D eigenvalue weighted by Crippen LogP contribution is -2.45. The van der Waals surface area contributed by atoms with Crippen molar-refractivity contribution >= 4 is 29.5 Å². The lowest BCUT2D eigenvalue weighted by molar-refractivity contribution is -0.132. The van der Waals surface area contributed by atoms with Crippen LogP contribution in [0.15, 0.2) is 15.9 Å². The molecule has 0 radical (unpaired) electrons. The van der Waals surface area contributed by atoms with Crippen LogP contribution in [-0.4, -0.2) is 48.6 Å². The van der Waals surface area contributed by atoms with Gasteiger partial charge in [0.1, 0.15) is 6.54 Å². The smallest absolute Gasteiger partial charge is 0.332 e. The Morgan fingerprint density at radius 2 is 2.04 bits per heavy atom. The summed E-state index contributed by atoms with van der Waals surface area (Å²) in [6.07, 6.45) is 2.32. The molecule has 0 spiro atoms. The second kappa shape index (κ2) is 7.01. The van der Waals surface area contributed by atoms with Crippen LogP contribution in [0.1, 0.15) is 13.3 Å². The molecule has 1 aliphatic rings. The molecule has 3 rings (SSSR count). The minimum absolute atomic E-state index is 0. The molecule has 1 aliphatic heterocycles. The molecular formula is C15H23ClN6O3. The quantitative estimate of drug-likeness (QED) is 0.749. The van der Waals surface area contributed by atoms with Gasteiger partial charge in [0.2, 0.25) is 5.91 Å². The SMILES string of the molecule is CC1CC(CN)CN1C(=O)Cn1c(=O)c2c(ncn2C)n(C)c1=O.Cl. The molecule has 3 heterocycles. The van der Waals surface area contributed by atoms with E-state index in [1.54, 1.807) is 23.6 Å². The summed E-state index contributed by atoms with van der Waals surface area (Å²) < 4.78 is 3.83. The van der Waals surface area contributed by atoms with Crippen molar-refractivity contribution in [3.63, 3.8) is 0 Å². The average Bonchev–Trinajstić information content (AvgIpc) is 3.12. The van der Waals surface area contributed by atoms with Crippen LogP contribution in [0.5, 0.6) is 0 Å². The molecule has 9 nitrogen and oxygen atoms in total. The van der Waals surface area contributed by atoms with Crippen molar-refractivity contribution in [2.24, 2.45) is 25.7 Å². The maximum absolute atomic E-state index is 12.6. The Balaban J connectivity index is 0.00000225. The summed E-state index contributed by atoms with van der Waals surface area (Å²) in [4.78, 5) is 43.5. The minimum atomic E-state index is -0.540. The fourth-order valence-corrected chi connectivity index (χ4v) is 3.42. The van der Waals surface area contributed by atoms with Crippen LogP contribution in [-0.2, 0) is 25.4 Å². The molecule has 0 bridgehead atoms. The average molecular weight is 371 g/mol. The third-order valence-electron chi connectivity index (χ3n) is 4.81. The van der Waals surface area contributed by atoms with Crippen molar-refractivity contribution in [2.75, 3.05) is 13.1 Å². The van der Waals surface area contributed by atoms with Gasteiger partial charge in [-0.15, -0.1) is 12.4 Å². The Labute approximate surface area is 150 Å². The first-order valence-electron chi connectivity index (χ1n) is 7.95. The number of halogens is 1. The number of rotatable bonds is 3. The fourth-order valence-electron chi connectivity index (χ4n) is 3.42. The van der Waals surface area contributed by atoms with Crippen LogP contribution in [0.4, 0.5) is 0 Å². The number of likely N-dealkylation sites (tertiary alicyclic amines) is 1. The molecule has 25 heavy (non-hydrogen) atoms. The summed E-state index contributed by atoms with van der Waals surface area (Å²) in [5.41, 5.74) is 5.27. The van der Waals surface area contributed by atoms with Crippen molar-refractivity contribution in [1.82, 2.24) is 23.6 Å². The highest BCUT2D eigenvalue weighted by atomic mass is 35.5. The third-order valence-corrected chi connectivity index (χ3v) is 4.81. The van der Waals surface area contributed by atoms with Gasteiger partial charge >= 0.3 is 5.69 Å². The van der Waals surface area contributed by atoms with Crippen LogP contribution in [0, 0.1) is 5.92 Å². The summed E-state index contributed by atoms with van der Waals surface area (Å²) in [6, 6.07) is 0.0611. The van der Waals surface area contributed by atoms with E-state index in [-0.39, 0.29) is 36.8 Å². The second-order valence-electron chi connectivity index (χ2n) is 6.49. The topological polar surface area (TPSA) is 108 Å². The number of hydrogen-bond donors (Lipinski definition) is 1. The zero-order chi connectivity index (χ0) is 17.6. The van der Waals surface area contributed by atoms with Gasteiger partial charge in [0.05, 0.1) is 6.33 Å². The van der Waals surface area contributed by atoms with Crippen molar-refractivity contribution in [3.8, 4) is 0 Å². The lowest BCUT2D eigenvalue weighted by atomic mass is 10.1. The van der Waals surface area contributed by atoms with E-state index in [0.717, 1.165) is 11.0 Å². The molecule has 1 saturated heterocycles. The molecular weight excluding hydrogens is 348 g/mol. The monoisotopic (exact) mass is 370 g/mol. The number of hydrogen-bond acceptors (Lipinski definition) is 5. The van der Waals surface area contributed by atoms with E-state index in [1.165, 1.54) is 10.9 Å². The zero-order valence-electron chi connectivity index (χ0n) is 14.5. The Morgan fingerprint density at radius 3 is 2.64 bits per heavy atom. The van der Waals surface area contributed by atoms with E-state index in [4.69, 9.17) is 5.73 Å². The van der Waals surface area contributed by atoms with Crippen molar-refractivity contribution in [2.45, 2.75) is 25.9 Å². The lowest BCUT2D eigenvalue weighted by Gasteiger charge is -2.22. The Hall–Kier alpha value is -2.13. The van der Waals surface area contributed by atoms with Gasteiger partial charge in [-0.05, 0) is 25.8 Å². The molecule has 2 aromatic heterocycles. The van der Waals surface area contributed by atoms with Gasteiger partial charge in [0.25, 0.3) is 5.56 Å². The van der Waals surface area contributed by atoms with Gasteiger partial charge in [-0.2, -0.15) is 0 Å². The van der Waals surface area contributed by atoms with Gasteiger partial charge in [0, 0.05) is 26.7 Å². The maximum Gasteiger partial charge on any atom is 0.332 e. The van der Waals surface area contributed by atoms with E-state index in [0.29, 0.717) is 24.3 Å². The molecule has 1 fully saturated rings. The van der Waals surface area contributed by atoms with Crippen molar-refractivity contribution in [3.05, 3.63) is 27.2 Å². The van der Waals surface area contributed by atoms with Crippen LogP contribution < -0.4 is 17.0 Å². The standard InChI is InChI=1S/C15H22N6O3.ClH/c1-9-4-10(5-16)6-20(9)11(22)7-21-14(23)12-13(17-8-18(12)2)19(3)15(21)24;/h8-10H,4-7,16H2,1-3H3;1H. The highest BCUT2D eigenvalue weighted by molar-refractivity contribution is 5.85. The van der Waals surface area contributed by atoms with Crippen LogP contribution in [0.2, 0.25) is 0 Å². The molecule has 1 amide bonds. The normalized spacial score (nSPS) is 20.1. The molecule has 0 aliphatic carbocycles. The van der Waals surface area contributed by atoms with E-state index in [9.17, 15) is 14.4 Å². The molecule has 0 aromatic carbocycles. The largest absolute Gasteiger partial charge is 0.338 e. The summed E-state index contributed by atoms with van der Waals surface area (Å²) in [5.74, 6) is 0.0298. The molecule has 2 aromatic rings. The Morgan fingerprint density at radius 1 is 1.36 bits per heavy atom. The van der Waals surface area contributed by atoms with Gasteiger partial charge in [0.15, 0.2) is 11.2 Å². The van der Waals surface area contributed by atoms with Gasteiger partial charge in [-0.1, -0.05) is 0 Å². The predicted molar refractivity (Wildman–Crippen MR) is 95.8 cm³/mol. The van der Waals surface area contributed by atoms with Gasteiger partial charge in [-0.25, -0.2) is 14.3 Å². The fraction of sp³-hybridized carbons (Fsp3) is 0.600. The summed E-state index contributed by atoms with van der Waals surface area (Å²) in [5, 5.41) is 0. The van der Waals surface area contributed by atoms with Gasteiger partial charge < -0.3 is 15.2 Å². The van der Waals surface area contributed by atoms with E-state index < -0.39 is 11.2 Å². The Kier molecular flexibility index (Phi) is 5.38. The van der Waals surface area contributed by atoms with Gasteiger partial charge in [-0.3, -0.25) is 14.2 Å². The van der Waals surface area contributed by atoms with E-state index >= 15 is 0 Å². The van der Waals surface area contributed by atoms with Crippen molar-refractivity contribution < 1.29 is 4.79 Å². The zero-order valence-corrected chi connectivity index (χ0v) is 15.3. The number of aryl methyl sites for hydroxylation is 2. The number of carbonyl (C=O) groups excluding carboxylic acids is 1. The number of carbonyl (C=O) groups is 1. The number of nitrogens with zero attached hydrogens (tertiary/aromatic N) is 5. The number of amides is 1. The minimum Gasteiger partial charge on any atom is -0.338 e. The summed E-state index contributed by atoms with van der Waals surface area (Å²) >= 11 is 0. The van der Waals surface area contributed by atoms with Crippen molar-refractivity contribution in [1.29, 1.82) is 0 Å². The molecule has 2 N–H and O–H groups in total. The summed E-state index contributed by atoms with van der Waals surface area (Å²) in [7, 11) is 3.22. The predicted octanol–water partition coefficient (Wildman–Crippen LogP) is -0.949. The number of aromatic nitrogens is 4. The first-order valence-corrected chi connectivity index (χ1v) is 7.95. The Bertz CT molecular complexity index is 914. The first kappa shape index (κ1) is 19.2. The second-order valence-corrected chi connectivity index (χ2v) is 6.49. The number of imidazole rings is 1. The van der Waals surface area contributed by atoms with E-state index in [2.05, 4.69) is 4.98 Å². The van der Waals surface area contributed by atoms with Crippen LogP contribution in [0.25, 0.3) is 11.2 Å². The highest BCUT2D eigenvalue weighted by Gasteiger charge is 2.32. The highest BCUT2D eigenvalue weighted by Crippen LogP contribution is 2.22. The molecule has 0 saturated carbocycles. The molecule has 2 atom stereocenters. The third kappa shape index (κ3) is 3.09. The van der Waals surface area contributed by atoms with Crippen LogP contribution in [0.3, 0.4) is 0 Å². The molecule has 10 heteroatoms. The number of fused-ring (bicyclic) bond motifs is 1. The first-order chi connectivity index (χ1) is 11.3. The van der Waals surface area contributed by atoms with Crippen LogP contribution >= 0.6 is 12.4 Å².